The maximum atomic E-state index is 13.9. The van der Waals surface area contributed by atoms with Gasteiger partial charge in [-0.1, -0.05) is 20.3 Å². The van der Waals surface area contributed by atoms with Gasteiger partial charge < -0.3 is 14.6 Å². The van der Waals surface area contributed by atoms with E-state index in [0.717, 1.165) is 52.3 Å². The van der Waals surface area contributed by atoms with Gasteiger partial charge in [0.1, 0.15) is 23.9 Å². The van der Waals surface area contributed by atoms with Crippen molar-refractivity contribution in [3.63, 3.8) is 0 Å². The summed E-state index contributed by atoms with van der Waals surface area (Å²) in [6.45, 7) is 7.96. The number of rotatable bonds is 11. The number of ketones is 1. The predicted molar refractivity (Wildman–Crippen MR) is 164 cm³/mol. The average Bonchev–Trinajstić information content (AvgIpc) is 3.35. The zero-order valence-corrected chi connectivity index (χ0v) is 24.5. The summed E-state index contributed by atoms with van der Waals surface area (Å²) in [5.41, 5.74) is 2.00. The van der Waals surface area contributed by atoms with Gasteiger partial charge in [0.05, 0.1) is 0 Å². The Balaban J connectivity index is 1.34. The predicted octanol–water partition coefficient (Wildman–Crippen LogP) is 7.71. The number of nitrogens with zero attached hydrogens (tertiary/aromatic N) is 1. The van der Waals surface area contributed by atoms with Crippen LogP contribution in [0, 0.1) is 5.92 Å². The fraction of sp³-hybridized carbons (Fsp3) is 0.353. The van der Waals surface area contributed by atoms with Crippen LogP contribution in [-0.2, 0) is 4.79 Å². The Kier molecular flexibility index (Phi) is 9.37. The summed E-state index contributed by atoms with van der Waals surface area (Å²) in [7, 11) is 0. The van der Waals surface area contributed by atoms with Gasteiger partial charge in [-0.25, -0.2) is 0 Å². The van der Waals surface area contributed by atoms with Crippen molar-refractivity contribution in [1.29, 1.82) is 0 Å². The molecule has 0 saturated carbocycles. The van der Waals surface area contributed by atoms with Crippen molar-refractivity contribution in [2.75, 3.05) is 26.2 Å². The molecular formula is C34H37NO5S. The van der Waals surface area contributed by atoms with Crippen molar-refractivity contribution in [3.05, 3.63) is 77.9 Å². The van der Waals surface area contributed by atoms with Crippen molar-refractivity contribution >= 4 is 33.2 Å². The number of hydrogen-bond donors (Lipinski definition) is 1. The van der Waals surface area contributed by atoms with Crippen LogP contribution in [0.15, 0.2) is 66.7 Å². The van der Waals surface area contributed by atoms with Crippen LogP contribution in [0.4, 0.5) is 0 Å². The molecule has 0 spiro atoms. The molecule has 5 rings (SSSR count). The van der Waals surface area contributed by atoms with Crippen LogP contribution in [-0.4, -0.2) is 48.0 Å². The van der Waals surface area contributed by atoms with Crippen LogP contribution in [0.1, 0.15) is 61.9 Å². The van der Waals surface area contributed by atoms with Crippen LogP contribution >= 0.6 is 11.3 Å². The first-order chi connectivity index (χ1) is 19.9. The molecule has 6 nitrogen and oxygen atoms in total. The number of ether oxygens (including phenoxy) is 2. The van der Waals surface area contributed by atoms with Gasteiger partial charge in [-0.3, -0.25) is 14.5 Å². The first-order valence-corrected chi connectivity index (χ1v) is 15.3. The van der Waals surface area contributed by atoms with Gasteiger partial charge in [-0.05, 0) is 111 Å². The summed E-state index contributed by atoms with van der Waals surface area (Å²) in [4.78, 5) is 29.3. The molecular weight excluding hydrogens is 534 g/mol. The maximum Gasteiger partial charge on any atom is 0.311 e. The minimum atomic E-state index is -0.251. The van der Waals surface area contributed by atoms with Crippen LogP contribution in [0.5, 0.6) is 17.2 Å². The molecule has 4 aromatic rings. The minimum absolute atomic E-state index is 0.0963. The second kappa shape index (κ2) is 13.3. The van der Waals surface area contributed by atoms with Crippen LogP contribution < -0.4 is 9.47 Å². The summed E-state index contributed by atoms with van der Waals surface area (Å²) >= 11 is 1.46. The molecule has 1 fully saturated rings. The number of esters is 1. The van der Waals surface area contributed by atoms with E-state index in [1.807, 2.05) is 36.4 Å². The first-order valence-electron chi connectivity index (χ1n) is 14.4. The number of fused-ring (bicyclic) bond motifs is 1. The van der Waals surface area contributed by atoms with E-state index >= 15 is 0 Å². The number of piperidine rings is 1. The van der Waals surface area contributed by atoms with Crippen molar-refractivity contribution in [1.82, 2.24) is 4.90 Å². The highest BCUT2D eigenvalue weighted by molar-refractivity contribution is 7.22. The molecule has 2 heterocycles. The summed E-state index contributed by atoms with van der Waals surface area (Å²) in [6.07, 6.45) is 4.98. The largest absolute Gasteiger partial charge is 0.508 e. The molecule has 1 aliphatic heterocycles. The lowest BCUT2D eigenvalue weighted by atomic mass is 9.97. The number of phenols is 1. The molecule has 1 aliphatic rings. The number of carbonyl (C=O) groups is 2. The molecule has 0 amide bonds. The third-order valence-corrected chi connectivity index (χ3v) is 8.62. The Morgan fingerprint density at radius 2 is 1.63 bits per heavy atom. The summed E-state index contributed by atoms with van der Waals surface area (Å²) < 4.78 is 12.3. The molecule has 3 aromatic carbocycles. The molecule has 1 saturated heterocycles. The Labute approximate surface area is 245 Å². The Morgan fingerprint density at radius 3 is 2.34 bits per heavy atom. The van der Waals surface area contributed by atoms with E-state index < -0.39 is 0 Å². The minimum Gasteiger partial charge on any atom is -0.508 e. The van der Waals surface area contributed by atoms with Crippen LogP contribution in [0.3, 0.4) is 0 Å². The van der Waals surface area contributed by atoms with E-state index in [1.165, 1.54) is 30.6 Å². The van der Waals surface area contributed by atoms with Crippen molar-refractivity contribution in [2.45, 2.75) is 46.0 Å². The Morgan fingerprint density at radius 1 is 0.927 bits per heavy atom. The second-order valence-corrected chi connectivity index (χ2v) is 12.1. The Bertz CT molecular complexity index is 1480. The highest BCUT2D eigenvalue weighted by Crippen LogP contribution is 2.41. The van der Waals surface area contributed by atoms with E-state index in [4.69, 9.17) is 9.47 Å². The number of aromatic hydroxyl groups is 1. The summed E-state index contributed by atoms with van der Waals surface area (Å²) in [5.74, 6) is 1.46. The molecule has 1 aromatic heterocycles. The molecule has 0 aliphatic carbocycles. The molecule has 0 radical (unpaired) electrons. The SMILES string of the molecule is CC(C)CCC(=O)Oc1ccc(-c2sc3cc(O)ccc3c2C(=O)c2ccc(OCCN3CCCCC3)cc2)cc1. The van der Waals surface area contributed by atoms with Crippen LogP contribution in [0.2, 0.25) is 0 Å². The lowest BCUT2D eigenvalue weighted by Crippen LogP contribution is -2.33. The molecule has 7 heteroatoms. The third-order valence-electron chi connectivity index (χ3n) is 7.42. The highest BCUT2D eigenvalue weighted by Gasteiger charge is 2.22. The number of hydrogen-bond acceptors (Lipinski definition) is 7. The van der Waals surface area contributed by atoms with Crippen molar-refractivity contribution < 1.29 is 24.2 Å². The lowest BCUT2D eigenvalue weighted by Gasteiger charge is -2.26. The monoisotopic (exact) mass is 571 g/mol. The first kappa shape index (κ1) is 28.8. The van der Waals surface area contributed by atoms with Crippen LogP contribution in [0.25, 0.3) is 20.5 Å². The van der Waals surface area contributed by atoms with E-state index in [0.29, 0.717) is 35.8 Å². The van der Waals surface area contributed by atoms with E-state index in [9.17, 15) is 14.7 Å². The van der Waals surface area contributed by atoms with Gasteiger partial charge in [-0.2, -0.15) is 0 Å². The van der Waals surface area contributed by atoms with Gasteiger partial charge >= 0.3 is 5.97 Å². The van der Waals surface area contributed by atoms with Gasteiger partial charge in [0.25, 0.3) is 0 Å². The number of phenolic OH excluding ortho intramolecular Hbond substituents is 1. The highest BCUT2D eigenvalue weighted by atomic mass is 32.1. The smallest absolute Gasteiger partial charge is 0.311 e. The molecule has 41 heavy (non-hydrogen) atoms. The zero-order valence-electron chi connectivity index (χ0n) is 23.7. The number of carbonyl (C=O) groups excluding carboxylic acids is 2. The fourth-order valence-electron chi connectivity index (χ4n) is 5.10. The molecule has 0 bridgehead atoms. The van der Waals surface area contributed by atoms with Gasteiger partial charge in [-0.15, -0.1) is 11.3 Å². The summed E-state index contributed by atoms with van der Waals surface area (Å²) in [6, 6.07) is 19.7. The van der Waals surface area contributed by atoms with E-state index in [1.54, 1.807) is 30.3 Å². The van der Waals surface area contributed by atoms with Gasteiger partial charge in [0, 0.05) is 39.1 Å². The van der Waals surface area contributed by atoms with Crippen molar-refractivity contribution in [2.24, 2.45) is 5.92 Å². The number of benzene rings is 3. The lowest BCUT2D eigenvalue weighted by molar-refractivity contribution is -0.134. The Hall–Kier alpha value is -3.68. The fourth-order valence-corrected chi connectivity index (χ4v) is 6.34. The molecule has 0 atom stereocenters. The quantitative estimate of drug-likeness (QED) is 0.113. The molecule has 0 unspecified atom stereocenters. The standard InChI is InChI=1S/C34H37NO5S/c1-23(2)6-17-31(37)40-28-14-9-25(10-15-28)34-32(29-16-11-26(36)22-30(29)41-34)33(38)24-7-12-27(13-8-24)39-21-20-35-18-4-3-5-19-35/h7-16,22-23,36H,3-6,17-21H2,1-2H3. The average molecular weight is 572 g/mol. The van der Waals surface area contributed by atoms with Gasteiger partial charge in [0.2, 0.25) is 0 Å². The normalized spacial score (nSPS) is 13.9. The second-order valence-electron chi connectivity index (χ2n) is 11.0. The maximum absolute atomic E-state index is 13.9. The molecule has 1 N–H and O–H groups in total. The van der Waals surface area contributed by atoms with E-state index in [2.05, 4.69) is 18.7 Å². The zero-order chi connectivity index (χ0) is 28.8. The number of likely N-dealkylation sites (tertiary alicyclic amines) is 1. The summed E-state index contributed by atoms with van der Waals surface area (Å²) in [5, 5.41) is 10.9. The third kappa shape index (κ3) is 7.34. The number of thiophene rings is 1. The van der Waals surface area contributed by atoms with Crippen molar-refractivity contribution in [3.8, 4) is 27.7 Å². The molecule has 214 valence electrons. The van der Waals surface area contributed by atoms with Gasteiger partial charge in [0.15, 0.2) is 5.78 Å². The topological polar surface area (TPSA) is 76.1 Å². The van der Waals surface area contributed by atoms with E-state index in [-0.39, 0.29) is 17.5 Å².